The Balaban J connectivity index is 2.11. The first-order chi connectivity index (χ1) is 14.3. The van der Waals surface area contributed by atoms with Gasteiger partial charge in [0.25, 0.3) is 6.43 Å². The molecule has 2 aromatic carbocycles. The van der Waals surface area contributed by atoms with Gasteiger partial charge < -0.3 is 19.5 Å². The number of halogens is 2. The maximum Gasteiger partial charge on any atom is 0.308 e. The summed E-state index contributed by atoms with van der Waals surface area (Å²) in [7, 11) is 1.56. The third-order valence-corrected chi connectivity index (χ3v) is 5.31. The molecular weight excluding hydrogens is 412 g/mol. The molecule has 2 atom stereocenters. The van der Waals surface area contributed by atoms with Gasteiger partial charge in [0, 0.05) is 16.8 Å². The highest BCUT2D eigenvalue weighted by atomic mass is 32.1. The van der Waals surface area contributed by atoms with E-state index in [9.17, 15) is 13.6 Å². The molecule has 0 unspecified atom stereocenters. The maximum atomic E-state index is 13.4. The average molecular weight is 435 g/mol. The van der Waals surface area contributed by atoms with Crippen molar-refractivity contribution in [3.63, 3.8) is 0 Å². The van der Waals surface area contributed by atoms with Crippen molar-refractivity contribution >= 4 is 28.9 Å². The second-order valence-electron chi connectivity index (χ2n) is 6.83. The van der Waals surface area contributed by atoms with Crippen LogP contribution in [0.4, 0.5) is 14.5 Å². The van der Waals surface area contributed by atoms with Gasteiger partial charge in [0.05, 0.1) is 20.1 Å². The van der Waals surface area contributed by atoms with Crippen LogP contribution in [0.1, 0.15) is 48.1 Å². The highest BCUT2D eigenvalue weighted by Crippen LogP contribution is 2.40. The minimum absolute atomic E-state index is 0.0884. The Morgan fingerprint density at radius 2 is 2.03 bits per heavy atom. The smallest absolute Gasteiger partial charge is 0.308 e. The van der Waals surface area contributed by atoms with Crippen molar-refractivity contribution in [3.05, 3.63) is 58.7 Å². The Bertz CT molecular complexity index is 951. The molecule has 1 aliphatic heterocycles. The Kier molecular flexibility index (Phi) is 6.99. The number of methoxy groups -OCH3 is 1. The predicted octanol–water partition coefficient (Wildman–Crippen LogP) is 5.12. The number of rotatable bonds is 6. The molecule has 30 heavy (non-hydrogen) atoms. The number of fused-ring (bicyclic) bond motifs is 1. The fourth-order valence-corrected chi connectivity index (χ4v) is 3.70. The first-order valence-corrected chi connectivity index (χ1v) is 9.94. The third-order valence-electron chi connectivity index (χ3n) is 4.95. The van der Waals surface area contributed by atoms with E-state index in [1.807, 2.05) is 19.1 Å². The molecule has 0 amide bonds. The summed E-state index contributed by atoms with van der Waals surface area (Å²) in [5, 5.41) is 3.06. The lowest BCUT2D eigenvalue weighted by molar-refractivity contribution is -0.145. The van der Waals surface area contributed by atoms with Crippen molar-refractivity contribution < 1.29 is 27.8 Å². The van der Waals surface area contributed by atoms with Crippen molar-refractivity contribution in [2.75, 3.05) is 19.0 Å². The molecule has 0 fully saturated rings. The zero-order valence-corrected chi connectivity index (χ0v) is 17.7. The zero-order chi connectivity index (χ0) is 21.8. The number of carbonyl (C=O) groups excluding carboxylic acids is 1. The Morgan fingerprint density at radius 1 is 1.27 bits per heavy atom. The van der Waals surface area contributed by atoms with E-state index in [1.54, 1.807) is 26.2 Å². The molecule has 0 radical (unpaired) electrons. The van der Waals surface area contributed by atoms with E-state index in [0.29, 0.717) is 17.0 Å². The van der Waals surface area contributed by atoms with Crippen LogP contribution in [-0.4, -0.2) is 30.8 Å². The van der Waals surface area contributed by atoms with E-state index in [1.165, 1.54) is 12.1 Å². The third kappa shape index (κ3) is 4.60. The van der Waals surface area contributed by atoms with Crippen LogP contribution >= 0.6 is 12.2 Å². The molecule has 8 heteroatoms. The van der Waals surface area contributed by atoms with E-state index in [2.05, 4.69) is 5.32 Å². The number of esters is 1. The summed E-state index contributed by atoms with van der Waals surface area (Å²) in [4.78, 5) is 12.4. The molecule has 160 valence electrons. The van der Waals surface area contributed by atoms with Crippen LogP contribution in [0.5, 0.6) is 5.75 Å². The summed E-state index contributed by atoms with van der Waals surface area (Å²) in [5.74, 6) is 0.191. The van der Waals surface area contributed by atoms with Gasteiger partial charge in [-0.3, -0.25) is 4.79 Å². The Hall–Kier alpha value is -2.58. The molecule has 0 saturated heterocycles. The molecule has 3 rings (SSSR count). The number of thiocarbonyl (C=S) groups is 1. The quantitative estimate of drug-likeness (QED) is 0.502. The first kappa shape index (κ1) is 22.1. The van der Waals surface area contributed by atoms with Gasteiger partial charge in [-0.2, -0.15) is 0 Å². The molecule has 0 spiro atoms. The molecule has 1 N–H and O–H groups in total. The lowest BCUT2D eigenvalue weighted by Gasteiger charge is -2.24. The highest BCUT2D eigenvalue weighted by Gasteiger charge is 2.33. The van der Waals surface area contributed by atoms with Gasteiger partial charge in [0.2, 0.25) is 0 Å². The van der Waals surface area contributed by atoms with Crippen LogP contribution in [0.25, 0.3) is 0 Å². The fraction of sp³-hybridized carbons (Fsp3) is 0.364. The Labute approximate surface area is 179 Å². The lowest BCUT2D eigenvalue weighted by atomic mass is 9.94. The van der Waals surface area contributed by atoms with E-state index < -0.39 is 24.6 Å². The standard InChI is InChI=1S/C22H23F2NO4S/c1-4-28-19(26)11-18-22(30)25-16-9-8-13(21(23)24)10-15(16)20(29-18)14-6-5-7-17(27-3)12(14)2/h5-10,18,20-21H,4,11H2,1-3H3,(H,25,30)/t18-,20-/m1/s1. The fourth-order valence-electron chi connectivity index (χ4n) is 3.45. The molecule has 0 saturated carbocycles. The van der Waals surface area contributed by atoms with Crippen LogP contribution in [0, 0.1) is 6.92 Å². The number of ether oxygens (including phenoxy) is 3. The van der Waals surface area contributed by atoms with Gasteiger partial charge in [-0.05, 0) is 43.2 Å². The SMILES string of the molecule is CCOC(=O)C[C@H]1O[C@H](c2cccc(OC)c2C)c2cc(C(F)F)ccc2NC1=S. The van der Waals surface area contributed by atoms with Crippen molar-refractivity contribution in [2.24, 2.45) is 0 Å². The van der Waals surface area contributed by atoms with Crippen molar-refractivity contribution in [1.29, 1.82) is 0 Å². The summed E-state index contributed by atoms with van der Waals surface area (Å²) >= 11 is 5.44. The lowest BCUT2D eigenvalue weighted by Crippen LogP contribution is -2.31. The summed E-state index contributed by atoms with van der Waals surface area (Å²) in [6.07, 6.45) is -4.24. The summed E-state index contributed by atoms with van der Waals surface area (Å²) in [6, 6.07) is 9.77. The molecular formula is C22H23F2NO4S. The average Bonchev–Trinajstić information content (AvgIpc) is 2.84. The number of carbonyl (C=O) groups is 1. The molecule has 2 aromatic rings. The summed E-state index contributed by atoms with van der Waals surface area (Å²) in [5.41, 5.74) is 2.49. The molecule has 0 aromatic heterocycles. The highest BCUT2D eigenvalue weighted by molar-refractivity contribution is 7.80. The van der Waals surface area contributed by atoms with Gasteiger partial charge in [-0.15, -0.1) is 0 Å². The van der Waals surface area contributed by atoms with Gasteiger partial charge >= 0.3 is 5.97 Å². The zero-order valence-electron chi connectivity index (χ0n) is 16.9. The minimum Gasteiger partial charge on any atom is -0.496 e. The Morgan fingerprint density at radius 3 is 2.70 bits per heavy atom. The van der Waals surface area contributed by atoms with Gasteiger partial charge in [0.1, 0.15) is 22.9 Å². The monoisotopic (exact) mass is 435 g/mol. The van der Waals surface area contributed by atoms with Gasteiger partial charge in [-0.25, -0.2) is 8.78 Å². The van der Waals surface area contributed by atoms with Crippen molar-refractivity contribution in [1.82, 2.24) is 0 Å². The number of anilines is 1. The summed E-state index contributed by atoms with van der Waals surface area (Å²) in [6.45, 7) is 3.82. The van der Waals surface area contributed by atoms with Crippen LogP contribution < -0.4 is 10.1 Å². The van der Waals surface area contributed by atoms with Crippen LogP contribution in [0.3, 0.4) is 0 Å². The largest absolute Gasteiger partial charge is 0.496 e. The van der Waals surface area contributed by atoms with Crippen LogP contribution in [0.15, 0.2) is 36.4 Å². The van der Waals surface area contributed by atoms with Crippen LogP contribution in [0.2, 0.25) is 0 Å². The topological polar surface area (TPSA) is 56.8 Å². The van der Waals surface area contributed by atoms with E-state index >= 15 is 0 Å². The second kappa shape index (κ2) is 9.49. The van der Waals surface area contributed by atoms with Crippen LogP contribution in [-0.2, 0) is 14.3 Å². The molecule has 1 aliphatic rings. The van der Waals surface area contributed by atoms with Gasteiger partial charge in [-0.1, -0.05) is 30.4 Å². The molecule has 0 aliphatic carbocycles. The van der Waals surface area contributed by atoms with E-state index in [4.69, 9.17) is 26.4 Å². The number of benzene rings is 2. The van der Waals surface area contributed by atoms with E-state index in [0.717, 1.165) is 11.1 Å². The number of alkyl halides is 2. The minimum atomic E-state index is -2.63. The maximum absolute atomic E-state index is 13.4. The van der Waals surface area contributed by atoms with Gasteiger partial charge in [0.15, 0.2) is 0 Å². The van der Waals surface area contributed by atoms with E-state index in [-0.39, 0.29) is 23.6 Å². The predicted molar refractivity (Wildman–Crippen MR) is 113 cm³/mol. The summed E-state index contributed by atoms with van der Waals surface area (Å²) < 4.78 is 43.5. The number of hydrogen-bond donors (Lipinski definition) is 1. The number of nitrogens with one attached hydrogen (secondary N) is 1. The first-order valence-electron chi connectivity index (χ1n) is 9.53. The molecule has 5 nitrogen and oxygen atoms in total. The second-order valence-corrected chi connectivity index (χ2v) is 7.26. The normalized spacial score (nSPS) is 18.4. The molecule has 0 bridgehead atoms. The number of hydrogen-bond acceptors (Lipinski definition) is 5. The van der Waals surface area contributed by atoms with Crippen molar-refractivity contribution in [2.45, 2.75) is 38.9 Å². The van der Waals surface area contributed by atoms with Crippen molar-refractivity contribution in [3.8, 4) is 5.75 Å². The molecule has 1 heterocycles.